The van der Waals surface area contributed by atoms with E-state index in [9.17, 15) is 4.79 Å². The molecular formula is C15H17N3OS. The van der Waals surface area contributed by atoms with Crippen LogP contribution in [-0.2, 0) is 6.42 Å². The van der Waals surface area contributed by atoms with Gasteiger partial charge in [0.25, 0.3) is 5.91 Å². The van der Waals surface area contributed by atoms with Crippen LogP contribution >= 0.6 is 11.3 Å². The molecule has 2 heterocycles. The number of thiazole rings is 1. The summed E-state index contributed by atoms with van der Waals surface area (Å²) in [5, 5.41) is 6.97. The lowest BCUT2D eigenvalue weighted by atomic mass is 10.00. The summed E-state index contributed by atoms with van der Waals surface area (Å²) in [6, 6.07) is 8.32. The van der Waals surface area contributed by atoms with Gasteiger partial charge in [0.15, 0.2) is 5.01 Å². The fourth-order valence-electron chi connectivity index (χ4n) is 2.36. The average Bonchev–Trinajstić information content (AvgIpc) is 2.79. The second-order valence-electron chi connectivity index (χ2n) is 5.07. The van der Waals surface area contributed by atoms with Gasteiger partial charge in [0, 0.05) is 17.1 Å². The number of fused-ring (bicyclic) bond motifs is 1. The molecule has 0 radical (unpaired) electrons. The molecular weight excluding hydrogens is 270 g/mol. The Hall–Kier alpha value is -1.88. The monoisotopic (exact) mass is 287 g/mol. The van der Waals surface area contributed by atoms with Crippen LogP contribution in [0.4, 0.5) is 5.69 Å². The van der Waals surface area contributed by atoms with E-state index in [0.29, 0.717) is 5.01 Å². The molecule has 1 atom stereocenters. The molecule has 0 saturated heterocycles. The fourth-order valence-corrected chi connectivity index (χ4v) is 3.18. The Morgan fingerprint density at radius 2 is 2.20 bits per heavy atom. The predicted molar refractivity (Wildman–Crippen MR) is 81.5 cm³/mol. The molecule has 2 aromatic rings. The van der Waals surface area contributed by atoms with Crippen molar-refractivity contribution in [2.75, 3.05) is 11.9 Å². The number of anilines is 1. The van der Waals surface area contributed by atoms with Gasteiger partial charge in [-0.2, -0.15) is 0 Å². The minimum absolute atomic E-state index is 0.0719. The molecule has 1 aliphatic heterocycles. The number of nitrogens with one attached hydrogen (secondary N) is 2. The minimum atomic E-state index is -0.0719. The van der Waals surface area contributed by atoms with Crippen LogP contribution in [0.3, 0.4) is 0 Å². The standard InChI is InChI=1S/C15H17N3OS/c1-9-10(2)20-15(17-9)14(19)18-12-7-11-5-3-4-6-13(11)16-8-12/h3-6,12,16H,7-8H2,1-2H3,(H,18,19)/t12-/m1/s1. The fraction of sp³-hybridized carbons (Fsp3) is 0.333. The van der Waals surface area contributed by atoms with Crippen LogP contribution in [0, 0.1) is 13.8 Å². The Kier molecular flexibility index (Phi) is 3.44. The lowest BCUT2D eigenvalue weighted by molar-refractivity contribution is 0.0938. The first-order valence-corrected chi connectivity index (χ1v) is 7.52. The molecule has 0 spiro atoms. The highest BCUT2D eigenvalue weighted by molar-refractivity contribution is 7.13. The molecule has 1 amide bonds. The van der Waals surface area contributed by atoms with Gasteiger partial charge in [-0.15, -0.1) is 11.3 Å². The number of aromatic nitrogens is 1. The molecule has 1 aliphatic rings. The second-order valence-corrected chi connectivity index (χ2v) is 6.28. The van der Waals surface area contributed by atoms with Gasteiger partial charge in [0.2, 0.25) is 0 Å². The third kappa shape index (κ3) is 2.54. The van der Waals surface area contributed by atoms with Gasteiger partial charge in [-0.1, -0.05) is 18.2 Å². The van der Waals surface area contributed by atoms with Gasteiger partial charge in [0.1, 0.15) is 0 Å². The van der Waals surface area contributed by atoms with Crippen LogP contribution in [0.25, 0.3) is 0 Å². The molecule has 4 nitrogen and oxygen atoms in total. The molecule has 2 N–H and O–H groups in total. The SMILES string of the molecule is Cc1nc(C(=O)N[C@H]2CNc3ccccc3C2)sc1C. The van der Waals surface area contributed by atoms with Crippen molar-refractivity contribution in [3.05, 3.63) is 45.4 Å². The molecule has 0 aliphatic carbocycles. The highest BCUT2D eigenvalue weighted by Gasteiger charge is 2.21. The van der Waals surface area contributed by atoms with Crippen molar-refractivity contribution in [2.45, 2.75) is 26.3 Å². The molecule has 1 aromatic carbocycles. The van der Waals surface area contributed by atoms with Crippen molar-refractivity contribution >= 4 is 22.9 Å². The first-order chi connectivity index (χ1) is 9.63. The number of amides is 1. The third-order valence-corrected chi connectivity index (χ3v) is 4.65. The number of carbonyl (C=O) groups is 1. The van der Waals surface area contributed by atoms with E-state index in [1.807, 2.05) is 26.0 Å². The number of carbonyl (C=O) groups excluding carboxylic acids is 1. The van der Waals surface area contributed by atoms with Crippen molar-refractivity contribution in [3.8, 4) is 0 Å². The number of aryl methyl sites for hydroxylation is 2. The zero-order valence-corrected chi connectivity index (χ0v) is 12.4. The Bertz CT molecular complexity index is 631. The second kappa shape index (κ2) is 5.25. The maximum absolute atomic E-state index is 12.2. The average molecular weight is 287 g/mol. The predicted octanol–water partition coefficient (Wildman–Crippen LogP) is 2.53. The van der Waals surface area contributed by atoms with Crippen LogP contribution in [0.1, 0.15) is 25.9 Å². The van der Waals surface area contributed by atoms with Crippen LogP contribution in [0.2, 0.25) is 0 Å². The number of nitrogens with zero attached hydrogens (tertiary/aromatic N) is 1. The zero-order chi connectivity index (χ0) is 14.1. The first kappa shape index (κ1) is 13.1. The van der Waals surface area contributed by atoms with Crippen molar-refractivity contribution in [1.82, 2.24) is 10.3 Å². The topological polar surface area (TPSA) is 54.0 Å². The number of hydrogen-bond donors (Lipinski definition) is 2. The van der Waals surface area contributed by atoms with Crippen molar-refractivity contribution in [2.24, 2.45) is 0 Å². The van der Waals surface area contributed by atoms with Crippen LogP contribution in [0.5, 0.6) is 0 Å². The van der Waals surface area contributed by atoms with E-state index in [0.717, 1.165) is 23.5 Å². The van der Waals surface area contributed by atoms with Gasteiger partial charge in [-0.3, -0.25) is 4.79 Å². The van der Waals surface area contributed by atoms with Gasteiger partial charge in [-0.05, 0) is 31.9 Å². The van der Waals surface area contributed by atoms with Crippen LogP contribution in [0.15, 0.2) is 24.3 Å². The van der Waals surface area contributed by atoms with Crippen molar-refractivity contribution in [3.63, 3.8) is 0 Å². The Balaban J connectivity index is 1.69. The maximum atomic E-state index is 12.2. The smallest absolute Gasteiger partial charge is 0.280 e. The molecule has 1 aromatic heterocycles. The summed E-state index contributed by atoms with van der Waals surface area (Å²) in [5.74, 6) is -0.0719. The maximum Gasteiger partial charge on any atom is 0.280 e. The van der Waals surface area contributed by atoms with Crippen molar-refractivity contribution < 1.29 is 4.79 Å². The third-order valence-electron chi connectivity index (χ3n) is 3.58. The lowest BCUT2D eigenvalue weighted by Gasteiger charge is -2.26. The van der Waals surface area contributed by atoms with E-state index >= 15 is 0 Å². The number of para-hydroxylation sites is 1. The Morgan fingerprint density at radius 1 is 1.40 bits per heavy atom. The molecule has 5 heteroatoms. The highest BCUT2D eigenvalue weighted by Crippen LogP contribution is 2.22. The zero-order valence-electron chi connectivity index (χ0n) is 11.6. The van der Waals surface area contributed by atoms with Crippen LogP contribution < -0.4 is 10.6 Å². The van der Waals surface area contributed by atoms with E-state index in [2.05, 4.69) is 27.8 Å². The lowest BCUT2D eigenvalue weighted by Crippen LogP contribution is -2.43. The molecule has 3 rings (SSSR count). The molecule has 104 valence electrons. The van der Waals surface area contributed by atoms with Crippen LogP contribution in [-0.4, -0.2) is 23.5 Å². The summed E-state index contributed by atoms with van der Waals surface area (Å²) in [6.45, 7) is 4.68. The van der Waals surface area contributed by atoms with Gasteiger partial charge in [-0.25, -0.2) is 4.98 Å². The normalized spacial score (nSPS) is 17.2. The Labute approximate surface area is 122 Å². The summed E-state index contributed by atoms with van der Waals surface area (Å²) >= 11 is 1.45. The quantitative estimate of drug-likeness (QED) is 0.892. The first-order valence-electron chi connectivity index (χ1n) is 6.70. The summed E-state index contributed by atoms with van der Waals surface area (Å²) in [6.07, 6.45) is 0.859. The molecule has 0 fully saturated rings. The molecule has 0 unspecified atom stereocenters. The number of rotatable bonds is 2. The summed E-state index contributed by atoms with van der Waals surface area (Å²) in [4.78, 5) is 17.6. The molecule has 0 saturated carbocycles. The van der Waals surface area contributed by atoms with E-state index in [-0.39, 0.29) is 11.9 Å². The van der Waals surface area contributed by atoms with E-state index in [1.54, 1.807) is 0 Å². The molecule has 20 heavy (non-hydrogen) atoms. The van der Waals surface area contributed by atoms with Gasteiger partial charge >= 0.3 is 0 Å². The van der Waals surface area contributed by atoms with Crippen molar-refractivity contribution in [1.29, 1.82) is 0 Å². The van der Waals surface area contributed by atoms with Gasteiger partial charge < -0.3 is 10.6 Å². The minimum Gasteiger partial charge on any atom is -0.383 e. The highest BCUT2D eigenvalue weighted by atomic mass is 32.1. The summed E-state index contributed by atoms with van der Waals surface area (Å²) in [7, 11) is 0. The van der Waals surface area contributed by atoms with Gasteiger partial charge in [0.05, 0.1) is 11.7 Å². The van der Waals surface area contributed by atoms with E-state index in [4.69, 9.17) is 0 Å². The largest absolute Gasteiger partial charge is 0.383 e. The number of hydrogen-bond acceptors (Lipinski definition) is 4. The summed E-state index contributed by atoms with van der Waals surface area (Å²) in [5.41, 5.74) is 3.35. The Morgan fingerprint density at radius 3 is 2.95 bits per heavy atom. The number of benzene rings is 1. The molecule has 0 bridgehead atoms. The van der Waals surface area contributed by atoms with E-state index < -0.39 is 0 Å². The van der Waals surface area contributed by atoms with E-state index in [1.165, 1.54) is 22.6 Å². The summed E-state index contributed by atoms with van der Waals surface area (Å²) < 4.78 is 0.